The predicted molar refractivity (Wildman–Crippen MR) is 81.8 cm³/mol. The quantitative estimate of drug-likeness (QED) is 0.694. The van der Waals surface area contributed by atoms with Crippen molar-refractivity contribution in [3.63, 3.8) is 0 Å². The van der Waals surface area contributed by atoms with Gasteiger partial charge in [0.05, 0.1) is 12.1 Å². The fraction of sp³-hybridized carbons (Fsp3) is 0.933. The molecular formula is C15H31N3O2. The average Bonchev–Trinajstić information content (AvgIpc) is 2.91. The second-order valence-corrected chi connectivity index (χ2v) is 5.91. The minimum atomic E-state index is -0.107. The Hall–Kier alpha value is -0.650. The average molecular weight is 285 g/mol. The molecule has 0 aliphatic carbocycles. The summed E-state index contributed by atoms with van der Waals surface area (Å²) in [6.07, 6.45) is 3.21. The van der Waals surface area contributed by atoms with Crippen LogP contribution in [0.3, 0.4) is 0 Å². The summed E-state index contributed by atoms with van der Waals surface area (Å²) < 4.78 is 5.28. The minimum Gasteiger partial charge on any atom is -0.380 e. The van der Waals surface area contributed by atoms with Crippen molar-refractivity contribution in [2.75, 3.05) is 34.3 Å². The zero-order valence-electron chi connectivity index (χ0n) is 13.6. The van der Waals surface area contributed by atoms with Crippen LogP contribution in [0.1, 0.15) is 33.1 Å². The Morgan fingerprint density at radius 1 is 1.40 bits per heavy atom. The molecule has 0 spiro atoms. The minimum absolute atomic E-state index is 0.0994. The highest BCUT2D eigenvalue weighted by molar-refractivity contribution is 5.82. The van der Waals surface area contributed by atoms with Crippen LogP contribution in [-0.2, 0) is 9.53 Å². The van der Waals surface area contributed by atoms with E-state index in [0.717, 1.165) is 25.8 Å². The Morgan fingerprint density at radius 2 is 2.05 bits per heavy atom. The molecule has 0 aromatic carbocycles. The number of amides is 1. The van der Waals surface area contributed by atoms with Crippen LogP contribution in [0.5, 0.6) is 0 Å². The normalized spacial score (nSPS) is 24.4. The van der Waals surface area contributed by atoms with Gasteiger partial charge in [-0.25, -0.2) is 0 Å². The first-order chi connectivity index (χ1) is 9.53. The summed E-state index contributed by atoms with van der Waals surface area (Å²) in [7, 11) is 5.87. The van der Waals surface area contributed by atoms with Crippen molar-refractivity contribution in [3.05, 3.63) is 0 Å². The largest absolute Gasteiger partial charge is 0.380 e. The summed E-state index contributed by atoms with van der Waals surface area (Å²) in [5.74, 6) is 0.718. The van der Waals surface area contributed by atoms with Gasteiger partial charge in [0.1, 0.15) is 0 Å². The van der Waals surface area contributed by atoms with Gasteiger partial charge in [-0.1, -0.05) is 26.7 Å². The van der Waals surface area contributed by atoms with Crippen molar-refractivity contribution in [1.82, 2.24) is 15.5 Å². The summed E-state index contributed by atoms with van der Waals surface area (Å²) in [5, 5.41) is 6.32. The van der Waals surface area contributed by atoms with E-state index in [9.17, 15) is 4.79 Å². The van der Waals surface area contributed by atoms with Gasteiger partial charge >= 0.3 is 0 Å². The maximum Gasteiger partial charge on any atom is 0.237 e. The van der Waals surface area contributed by atoms with Gasteiger partial charge in [-0.2, -0.15) is 0 Å². The first kappa shape index (κ1) is 17.4. The summed E-state index contributed by atoms with van der Waals surface area (Å²) in [6, 6.07) is 0.290. The third kappa shape index (κ3) is 4.72. The molecule has 20 heavy (non-hydrogen) atoms. The monoisotopic (exact) mass is 285 g/mol. The van der Waals surface area contributed by atoms with E-state index in [1.807, 2.05) is 0 Å². The number of nitrogens with one attached hydrogen (secondary N) is 2. The third-order valence-corrected chi connectivity index (χ3v) is 4.48. The Morgan fingerprint density at radius 3 is 2.50 bits per heavy atom. The van der Waals surface area contributed by atoms with E-state index in [1.165, 1.54) is 0 Å². The fourth-order valence-electron chi connectivity index (χ4n) is 3.01. The number of carbonyl (C=O) groups excluding carboxylic acids is 1. The zero-order chi connectivity index (χ0) is 15.1. The molecule has 0 bridgehead atoms. The molecular weight excluding hydrogens is 254 g/mol. The molecule has 1 heterocycles. The number of nitrogens with zero attached hydrogens (tertiary/aromatic N) is 1. The highest BCUT2D eigenvalue weighted by Crippen LogP contribution is 2.16. The fourth-order valence-corrected chi connectivity index (χ4v) is 3.01. The number of hydrogen-bond donors (Lipinski definition) is 2. The van der Waals surface area contributed by atoms with Crippen molar-refractivity contribution in [3.8, 4) is 0 Å². The first-order valence-electron chi connectivity index (χ1n) is 7.73. The molecule has 1 amide bonds. The Kier molecular flexibility index (Phi) is 7.48. The lowest BCUT2D eigenvalue weighted by Crippen LogP contribution is -2.48. The Balaban J connectivity index is 2.45. The third-order valence-electron chi connectivity index (χ3n) is 4.48. The number of likely N-dealkylation sites (N-methyl/N-ethyl adjacent to an activating group) is 1. The lowest BCUT2D eigenvalue weighted by atomic mass is 9.93. The number of methoxy groups -OCH3 is 1. The molecule has 0 aromatic heterocycles. The summed E-state index contributed by atoms with van der Waals surface area (Å²) in [6.45, 7) is 5.91. The van der Waals surface area contributed by atoms with E-state index >= 15 is 0 Å². The van der Waals surface area contributed by atoms with Crippen LogP contribution in [0.15, 0.2) is 0 Å². The van der Waals surface area contributed by atoms with Crippen LogP contribution in [0.25, 0.3) is 0 Å². The molecule has 1 saturated heterocycles. The molecule has 3 atom stereocenters. The SMILES string of the molecule is CCC(CC)C(CNC(=O)C1CC(OC)CN1)N(C)C. The van der Waals surface area contributed by atoms with E-state index in [-0.39, 0.29) is 18.1 Å². The van der Waals surface area contributed by atoms with Gasteiger partial charge in [0.2, 0.25) is 5.91 Å². The number of ether oxygens (including phenoxy) is 1. The van der Waals surface area contributed by atoms with Crippen molar-refractivity contribution >= 4 is 5.91 Å². The van der Waals surface area contributed by atoms with E-state index < -0.39 is 0 Å². The van der Waals surface area contributed by atoms with Crippen LogP contribution in [0.4, 0.5) is 0 Å². The van der Waals surface area contributed by atoms with Crippen LogP contribution in [0, 0.1) is 5.92 Å². The van der Waals surface area contributed by atoms with E-state index in [0.29, 0.717) is 18.5 Å². The highest BCUT2D eigenvalue weighted by Gasteiger charge is 2.30. The van der Waals surface area contributed by atoms with Gasteiger partial charge < -0.3 is 20.3 Å². The maximum atomic E-state index is 12.2. The molecule has 0 saturated carbocycles. The highest BCUT2D eigenvalue weighted by atomic mass is 16.5. The molecule has 1 aliphatic heterocycles. The van der Waals surface area contributed by atoms with E-state index in [2.05, 4.69) is 43.5 Å². The maximum absolute atomic E-state index is 12.2. The van der Waals surface area contributed by atoms with Gasteiger partial charge in [0, 0.05) is 26.2 Å². The number of rotatable bonds is 8. The molecule has 1 aliphatic rings. The van der Waals surface area contributed by atoms with Crippen LogP contribution < -0.4 is 10.6 Å². The van der Waals surface area contributed by atoms with Gasteiger partial charge in [-0.15, -0.1) is 0 Å². The summed E-state index contributed by atoms with van der Waals surface area (Å²) >= 11 is 0. The van der Waals surface area contributed by atoms with Crippen LogP contribution >= 0.6 is 0 Å². The molecule has 3 unspecified atom stereocenters. The number of hydrogen-bond acceptors (Lipinski definition) is 4. The zero-order valence-corrected chi connectivity index (χ0v) is 13.6. The van der Waals surface area contributed by atoms with E-state index in [4.69, 9.17) is 4.74 Å². The second kappa shape index (κ2) is 8.60. The van der Waals surface area contributed by atoms with Gasteiger partial charge in [0.15, 0.2) is 0 Å². The molecule has 1 fully saturated rings. The van der Waals surface area contributed by atoms with E-state index in [1.54, 1.807) is 7.11 Å². The van der Waals surface area contributed by atoms with Crippen molar-refractivity contribution in [2.24, 2.45) is 5.92 Å². The van der Waals surface area contributed by atoms with Gasteiger partial charge in [0.25, 0.3) is 0 Å². The lowest BCUT2D eigenvalue weighted by molar-refractivity contribution is -0.123. The summed E-state index contributed by atoms with van der Waals surface area (Å²) in [4.78, 5) is 14.4. The summed E-state index contributed by atoms with van der Waals surface area (Å²) in [5.41, 5.74) is 0. The van der Waals surface area contributed by atoms with Crippen molar-refractivity contribution < 1.29 is 9.53 Å². The standard InChI is InChI=1S/C15H31N3O2/c1-6-11(7-2)14(18(3)4)10-17-15(19)13-8-12(20-5)9-16-13/h11-14,16H,6-10H2,1-5H3,(H,17,19). The lowest BCUT2D eigenvalue weighted by Gasteiger charge is -2.31. The Labute approximate surface area is 123 Å². The van der Waals surface area contributed by atoms with Crippen molar-refractivity contribution in [2.45, 2.75) is 51.3 Å². The molecule has 5 nitrogen and oxygen atoms in total. The van der Waals surface area contributed by atoms with Gasteiger partial charge in [-0.05, 0) is 26.4 Å². The molecule has 0 radical (unpaired) electrons. The van der Waals surface area contributed by atoms with Crippen LogP contribution in [0.2, 0.25) is 0 Å². The molecule has 1 rings (SSSR count). The number of carbonyl (C=O) groups is 1. The topological polar surface area (TPSA) is 53.6 Å². The van der Waals surface area contributed by atoms with Crippen LogP contribution in [-0.4, -0.2) is 63.3 Å². The van der Waals surface area contributed by atoms with Gasteiger partial charge in [-0.3, -0.25) is 4.79 Å². The molecule has 0 aromatic rings. The smallest absolute Gasteiger partial charge is 0.237 e. The predicted octanol–water partition coefficient (Wildman–Crippen LogP) is 0.846. The van der Waals surface area contributed by atoms with Crippen molar-refractivity contribution in [1.29, 1.82) is 0 Å². The molecule has 5 heteroatoms. The Bertz CT molecular complexity index is 293. The first-order valence-corrected chi connectivity index (χ1v) is 7.73. The molecule has 2 N–H and O–H groups in total. The molecule has 118 valence electrons. The second-order valence-electron chi connectivity index (χ2n) is 5.91.